The summed E-state index contributed by atoms with van der Waals surface area (Å²) in [6.45, 7) is 8.18. The smallest absolute Gasteiger partial charge is 0.244 e. The molecule has 1 aliphatic heterocycles. The number of hydrogen-bond acceptors (Lipinski definition) is 4. The average Bonchev–Trinajstić information content (AvgIpc) is 2.76. The summed E-state index contributed by atoms with van der Waals surface area (Å²) in [7, 11) is 0. The summed E-state index contributed by atoms with van der Waals surface area (Å²) in [5.74, 6) is 1.26. The number of hydrogen-bond donors (Lipinski definition) is 1. The Kier molecular flexibility index (Phi) is 4.19. The van der Waals surface area contributed by atoms with Gasteiger partial charge in [-0.25, -0.2) is 4.68 Å². The number of piperidine rings is 1. The maximum atomic E-state index is 12.2. The first-order valence-electron chi connectivity index (χ1n) is 6.89. The van der Waals surface area contributed by atoms with E-state index < -0.39 is 0 Å². The number of nitrogens with two attached hydrogens (primary N) is 1. The van der Waals surface area contributed by atoms with Crippen LogP contribution < -0.4 is 5.73 Å². The highest BCUT2D eigenvalue weighted by atomic mass is 16.2. The van der Waals surface area contributed by atoms with Crippen LogP contribution in [0.15, 0.2) is 6.20 Å². The lowest BCUT2D eigenvalue weighted by Gasteiger charge is -2.34. The van der Waals surface area contributed by atoms with Crippen LogP contribution in [0.1, 0.15) is 38.9 Å². The zero-order chi connectivity index (χ0) is 14.0. The number of nitrogens with zero attached hydrogens (tertiary/aromatic N) is 4. The van der Waals surface area contributed by atoms with Crippen LogP contribution in [0.2, 0.25) is 0 Å². The van der Waals surface area contributed by atoms with E-state index in [4.69, 9.17) is 5.73 Å². The van der Waals surface area contributed by atoms with Crippen LogP contribution in [0.3, 0.4) is 0 Å². The molecule has 1 saturated heterocycles. The van der Waals surface area contributed by atoms with Gasteiger partial charge >= 0.3 is 0 Å². The van der Waals surface area contributed by atoms with Gasteiger partial charge in [0.2, 0.25) is 5.91 Å². The van der Waals surface area contributed by atoms with Gasteiger partial charge in [-0.05, 0) is 25.2 Å². The van der Waals surface area contributed by atoms with E-state index in [1.54, 1.807) is 10.9 Å². The van der Waals surface area contributed by atoms with Gasteiger partial charge in [0.1, 0.15) is 6.54 Å². The first-order chi connectivity index (χ1) is 8.95. The van der Waals surface area contributed by atoms with Crippen LogP contribution in [0.4, 0.5) is 0 Å². The van der Waals surface area contributed by atoms with Crippen molar-refractivity contribution in [3.8, 4) is 0 Å². The molecular weight excluding hydrogens is 242 g/mol. The Balaban J connectivity index is 1.96. The maximum absolute atomic E-state index is 12.2. The molecule has 0 radical (unpaired) electrons. The largest absolute Gasteiger partial charge is 0.341 e. The molecule has 2 rings (SSSR count). The molecule has 2 heterocycles. The number of carbonyl (C=O) groups is 1. The molecule has 3 unspecified atom stereocenters. The van der Waals surface area contributed by atoms with Gasteiger partial charge in [-0.3, -0.25) is 4.79 Å². The lowest BCUT2D eigenvalue weighted by molar-refractivity contribution is -0.134. The first kappa shape index (κ1) is 14.0. The molecule has 1 fully saturated rings. The van der Waals surface area contributed by atoms with Crippen molar-refractivity contribution >= 4 is 5.91 Å². The molecule has 106 valence electrons. The quantitative estimate of drug-likeness (QED) is 0.877. The number of aromatic nitrogens is 3. The van der Waals surface area contributed by atoms with Crippen LogP contribution >= 0.6 is 0 Å². The van der Waals surface area contributed by atoms with Crippen LogP contribution in [0.25, 0.3) is 0 Å². The number of carbonyl (C=O) groups excluding carboxylic acids is 1. The van der Waals surface area contributed by atoms with Crippen LogP contribution in [0.5, 0.6) is 0 Å². The Morgan fingerprint density at radius 3 is 2.63 bits per heavy atom. The van der Waals surface area contributed by atoms with Crippen molar-refractivity contribution in [2.24, 2.45) is 17.6 Å². The summed E-state index contributed by atoms with van der Waals surface area (Å²) in [5, 5.41) is 7.91. The van der Waals surface area contributed by atoms with Crippen molar-refractivity contribution < 1.29 is 4.79 Å². The fraction of sp³-hybridized carbons (Fsp3) is 0.769. The van der Waals surface area contributed by atoms with Crippen molar-refractivity contribution in [3.63, 3.8) is 0 Å². The summed E-state index contributed by atoms with van der Waals surface area (Å²) in [4.78, 5) is 14.2. The van der Waals surface area contributed by atoms with Gasteiger partial charge in [0.15, 0.2) is 0 Å². The SMILES string of the molecule is CC1CC(C)CN(C(=O)Cn2cc(C(C)N)nn2)C1. The van der Waals surface area contributed by atoms with E-state index in [1.165, 1.54) is 6.42 Å². The van der Waals surface area contributed by atoms with Crippen LogP contribution in [0, 0.1) is 11.8 Å². The summed E-state index contributed by atoms with van der Waals surface area (Å²) < 4.78 is 1.57. The molecule has 2 N–H and O–H groups in total. The average molecular weight is 265 g/mol. The zero-order valence-electron chi connectivity index (χ0n) is 11.9. The molecule has 0 aromatic carbocycles. The molecule has 1 aliphatic rings. The lowest BCUT2D eigenvalue weighted by atomic mass is 9.92. The monoisotopic (exact) mass is 265 g/mol. The first-order valence-corrected chi connectivity index (χ1v) is 6.89. The maximum Gasteiger partial charge on any atom is 0.244 e. The number of rotatable bonds is 3. The van der Waals surface area contributed by atoms with Crippen LogP contribution in [-0.4, -0.2) is 38.9 Å². The third kappa shape index (κ3) is 3.53. The van der Waals surface area contributed by atoms with Gasteiger partial charge in [-0.2, -0.15) is 0 Å². The third-order valence-corrected chi connectivity index (χ3v) is 3.54. The van der Waals surface area contributed by atoms with Gasteiger partial charge in [0, 0.05) is 19.1 Å². The standard InChI is InChI=1S/C13H23N5O/c1-9-4-10(2)6-17(5-9)13(19)8-18-7-12(11(3)14)15-16-18/h7,9-11H,4-6,8,14H2,1-3H3. The summed E-state index contributed by atoms with van der Waals surface area (Å²) in [5.41, 5.74) is 6.44. The van der Waals surface area contributed by atoms with Gasteiger partial charge in [-0.1, -0.05) is 19.1 Å². The highest BCUT2D eigenvalue weighted by Gasteiger charge is 2.25. The Morgan fingerprint density at radius 1 is 1.47 bits per heavy atom. The summed E-state index contributed by atoms with van der Waals surface area (Å²) >= 11 is 0. The highest BCUT2D eigenvalue weighted by molar-refractivity contribution is 5.76. The predicted molar refractivity (Wildman–Crippen MR) is 72.1 cm³/mol. The number of amides is 1. The molecule has 1 amide bonds. The second kappa shape index (κ2) is 5.69. The molecule has 1 aromatic heterocycles. The number of likely N-dealkylation sites (tertiary alicyclic amines) is 1. The van der Waals surface area contributed by atoms with E-state index in [9.17, 15) is 4.79 Å². The van der Waals surface area contributed by atoms with E-state index in [0.29, 0.717) is 17.5 Å². The van der Waals surface area contributed by atoms with E-state index >= 15 is 0 Å². The molecule has 0 saturated carbocycles. The van der Waals surface area contributed by atoms with E-state index in [0.717, 1.165) is 13.1 Å². The minimum atomic E-state index is -0.154. The molecular formula is C13H23N5O. The summed E-state index contributed by atoms with van der Waals surface area (Å²) in [6, 6.07) is -0.154. The molecule has 1 aromatic rings. The Labute approximate surface area is 113 Å². The molecule has 3 atom stereocenters. The minimum absolute atomic E-state index is 0.111. The van der Waals surface area contributed by atoms with Crippen molar-refractivity contribution in [2.75, 3.05) is 13.1 Å². The second-order valence-electron chi connectivity index (χ2n) is 5.87. The van der Waals surface area contributed by atoms with Crippen molar-refractivity contribution in [2.45, 2.75) is 39.8 Å². The van der Waals surface area contributed by atoms with Gasteiger partial charge in [0.05, 0.1) is 11.9 Å². The molecule has 0 bridgehead atoms. The normalized spacial score (nSPS) is 25.4. The topological polar surface area (TPSA) is 77.0 Å². The Hall–Kier alpha value is -1.43. The lowest BCUT2D eigenvalue weighted by Crippen LogP contribution is -2.44. The van der Waals surface area contributed by atoms with Gasteiger partial charge in [-0.15, -0.1) is 5.10 Å². The molecule has 0 spiro atoms. The van der Waals surface area contributed by atoms with Gasteiger partial charge < -0.3 is 10.6 Å². The molecule has 0 aliphatic carbocycles. The minimum Gasteiger partial charge on any atom is -0.341 e. The molecule has 19 heavy (non-hydrogen) atoms. The second-order valence-corrected chi connectivity index (χ2v) is 5.87. The van der Waals surface area contributed by atoms with Crippen molar-refractivity contribution in [3.05, 3.63) is 11.9 Å². The van der Waals surface area contributed by atoms with E-state index in [1.807, 2.05) is 11.8 Å². The fourth-order valence-corrected chi connectivity index (χ4v) is 2.70. The third-order valence-electron chi connectivity index (χ3n) is 3.54. The zero-order valence-corrected chi connectivity index (χ0v) is 11.9. The summed E-state index contributed by atoms with van der Waals surface area (Å²) in [6.07, 6.45) is 2.95. The molecule has 6 nitrogen and oxygen atoms in total. The van der Waals surface area contributed by atoms with Crippen molar-refractivity contribution in [1.82, 2.24) is 19.9 Å². The predicted octanol–water partition coefficient (Wildman–Crippen LogP) is 0.802. The van der Waals surface area contributed by atoms with E-state index in [2.05, 4.69) is 24.2 Å². The highest BCUT2D eigenvalue weighted by Crippen LogP contribution is 2.21. The van der Waals surface area contributed by atoms with Crippen LogP contribution in [-0.2, 0) is 11.3 Å². The Bertz CT molecular complexity index is 432. The van der Waals surface area contributed by atoms with Gasteiger partial charge in [0.25, 0.3) is 0 Å². The Morgan fingerprint density at radius 2 is 2.11 bits per heavy atom. The fourth-order valence-electron chi connectivity index (χ4n) is 2.70. The van der Waals surface area contributed by atoms with E-state index in [-0.39, 0.29) is 18.5 Å². The molecule has 6 heteroatoms. The van der Waals surface area contributed by atoms with Crippen molar-refractivity contribution in [1.29, 1.82) is 0 Å².